The molecule has 0 spiro atoms. The van der Waals surface area contributed by atoms with Crippen molar-refractivity contribution in [1.29, 1.82) is 0 Å². The molecule has 1 N–H and O–H groups in total. The number of cyclic esters (lactones) is 2. The van der Waals surface area contributed by atoms with E-state index in [2.05, 4.69) is 4.74 Å². The number of aliphatic hydroxyl groups is 1. The number of esters is 2. The molecule has 1 aliphatic rings. The van der Waals surface area contributed by atoms with Crippen molar-refractivity contribution in [1.82, 2.24) is 0 Å². The Morgan fingerprint density at radius 1 is 1.32 bits per heavy atom. The van der Waals surface area contributed by atoms with E-state index in [1.165, 1.54) is 0 Å². The lowest BCUT2D eigenvalue weighted by molar-refractivity contribution is -0.161. The smallest absolute Gasteiger partial charge is 0.346 e. The molecule has 19 heavy (non-hydrogen) atoms. The summed E-state index contributed by atoms with van der Waals surface area (Å²) in [6.07, 6.45) is 0.311. The molecule has 1 aromatic rings. The first kappa shape index (κ1) is 13.7. The summed E-state index contributed by atoms with van der Waals surface area (Å²) in [5, 5.41) is 10.5. The molecular weight excluding hydrogens is 244 g/mol. The molecule has 4 heteroatoms. The molecule has 1 saturated heterocycles. The van der Waals surface area contributed by atoms with Crippen molar-refractivity contribution in [2.45, 2.75) is 32.8 Å². The number of hydrogen-bond acceptors (Lipinski definition) is 4. The summed E-state index contributed by atoms with van der Waals surface area (Å²) in [6, 6.07) is 7.61. The molecule has 1 aromatic carbocycles. The van der Waals surface area contributed by atoms with Gasteiger partial charge in [-0.2, -0.15) is 0 Å². The Hall–Kier alpha value is -1.68. The number of aryl methyl sites for hydroxylation is 1. The van der Waals surface area contributed by atoms with E-state index in [0.717, 1.165) is 11.1 Å². The first-order chi connectivity index (χ1) is 8.87. The fraction of sp³-hybridized carbons (Fsp3) is 0.467. The zero-order chi connectivity index (χ0) is 14.2. The molecule has 0 radical (unpaired) electrons. The summed E-state index contributed by atoms with van der Waals surface area (Å²) in [6.45, 7) is 5.36. The van der Waals surface area contributed by atoms with Gasteiger partial charge in [-0.3, -0.25) is 4.79 Å². The highest BCUT2D eigenvalue weighted by Crippen LogP contribution is 2.37. The predicted molar refractivity (Wildman–Crippen MR) is 69.3 cm³/mol. The summed E-state index contributed by atoms with van der Waals surface area (Å²) in [7, 11) is 0. The summed E-state index contributed by atoms with van der Waals surface area (Å²) in [5.74, 6) is -2.67. The molecule has 0 aromatic heterocycles. The van der Waals surface area contributed by atoms with Crippen LogP contribution < -0.4 is 0 Å². The Morgan fingerprint density at radius 2 is 1.95 bits per heavy atom. The van der Waals surface area contributed by atoms with Gasteiger partial charge in [0.2, 0.25) is 0 Å². The fourth-order valence-electron chi connectivity index (χ4n) is 2.50. The molecular formula is C15H18O4. The third kappa shape index (κ3) is 2.16. The Bertz CT molecular complexity index is 521. The van der Waals surface area contributed by atoms with Crippen LogP contribution in [0.15, 0.2) is 24.3 Å². The Kier molecular flexibility index (Phi) is 3.45. The Morgan fingerprint density at radius 3 is 2.53 bits per heavy atom. The summed E-state index contributed by atoms with van der Waals surface area (Å²) in [4.78, 5) is 23.6. The van der Waals surface area contributed by atoms with Gasteiger partial charge < -0.3 is 9.84 Å². The highest BCUT2D eigenvalue weighted by molar-refractivity contribution is 6.01. The van der Waals surface area contributed by atoms with Gasteiger partial charge in [-0.05, 0) is 30.4 Å². The van der Waals surface area contributed by atoms with Crippen LogP contribution in [-0.4, -0.2) is 22.6 Å². The van der Waals surface area contributed by atoms with Crippen molar-refractivity contribution in [3.63, 3.8) is 0 Å². The molecule has 0 bridgehead atoms. The van der Waals surface area contributed by atoms with E-state index in [1.54, 1.807) is 13.8 Å². The molecule has 1 aliphatic heterocycles. The lowest BCUT2D eigenvalue weighted by Crippen LogP contribution is -2.47. The molecule has 2 rings (SSSR count). The minimum atomic E-state index is -1.72. The lowest BCUT2D eigenvalue weighted by atomic mass is 9.77. The van der Waals surface area contributed by atoms with E-state index in [1.807, 2.05) is 31.2 Å². The molecule has 0 amide bonds. The lowest BCUT2D eigenvalue weighted by Gasteiger charge is -2.28. The molecule has 4 nitrogen and oxygen atoms in total. The molecule has 0 aliphatic carbocycles. The largest absolute Gasteiger partial charge is 0.391 e. The third-order valence-electron chi connectivity index (χ3n) is 3.90. The van der Waals surface area contributed by atoms with Crippen LogP contribution >= 0.6 is 0 Å². The maximum atomic E-state index is 11.8. The molecule has 2 atom stereocenters. The van der Waals surface area contributed by atoms with Crippen LogP contribution in [0.5, 0.6) is 0 Å². The third-order valence-corrected chi connectivity index (χ3v) is 3.90. The number of hydrogen-bond donors (Lipinski definition) is 1. The second kappa shape index (κ2) is 4.78. The van der Waals surface area contributed by atoms with Gasteiger partial charge in [0.05, 0.1) is 0 Å². The maximum absolute atomic E-state index is 11.8. The summed E-state index contributed by atoms with van der Waals surface area (Å²) >= 11 is 0. The first-order valence-corrected chi connectivity index (χ1v) is 6.40. The number of benzene rings is 1. The zero-order valence-electron chi connectivity index (χ0n) is 11.3. The van der Waals surface area contributed by atoms with Crippen molar-refractivity contribution in [3.8, 4) is 0 Å². The van der Waals surface area contributed by atoms with Gasteiger partial charge in [0.25, 0.3) is 0 Å². The van der Waals surface area contributed by atoms with Crippen LogP contribution in [0.2, 0.25) is 0 Å². The first-order valence-electron chi connectivity index (χ1n) is 6.40. The van der Waals surface area contributed by atoms with Crippen molar-refractivity contribution in [2.24, 2.45) is 11.8 Å². The Balaban J connectivity index is 2.35. The van der Waals surface area contributed by atoms with E-state index in [-0.39, 0.29) is 5.92 Å². The number of carbonyl (C=O) groups is 2. The van der Waals surface area contributed by atoms with Crippen LogP contribution in [0, 0.1) is 18.8 Å². The van der Waals surface area contributed by atoms with Crippen molar-refractivity contribution in [3.05, 3.63) is 35.4 Å². The topological polar surface area (TPSA) is 63.6 Å². The van der Waals surface area contributed by atoms with Crippen molar-refractivity contribution < 1.29 is 19.4 Å². The number of rotatable bonds is 3. The summed E-state index contributed by atoms with van der Waals surface area (Å²) < 4.78 is 4.63. The van der Waals surface area contributed by atoms with Gasteiger partial charge in [-0.25, -0.2) is 4.79 Å². The highest BCUT2D eigenvalue weighted by Gasteiger charge is 2.58. The highest BCUT2D eigenvalue weighted by atomic mass is 16.6. The van der Waals surface area contributed by atoms with E-state index >= 15 is 0 Å². The monoisotopic (exact) mass is 262 g/mol. The SMILES string of the molecule is Cc1ccccc1CC1C(=O)OC(=O)C1(O)C(C)C. The van der Waals surface area contributed by atoms with E-state index in [4.69, 9.17) is 0 Å². The van der Waals surface area contributed by atoms with Crippen LogP contribution in [0.3, 0.4) is 0 Å². The van der Waals surface area contributed by atoms with Crippen LogP contribution in [0.25, 0.3) is 0 Å². The van der Waals surface area contributed by atoms with E-state index < -0.39 is 23.5 Å². The van der Waals surface area contributed by atoms with Crippen LogP contribution in [-0.2, 0) is 20.7 Å². The van der Waals surface area contributed by atoms with Gasteiger partial charge in [-0.15, -0.1) is 0 Å². The Labute approximate surface area is 112 Å². The quantitative estimate of drug-likeness (QED) is 0.664. The molecule has 1 heterocycles. The van der Waals surface area contributed by atoms with Crippen LogP contribution in [0.4, 0.5) is 0 Å². The number of ether oxygens (including phenoxy) is 1. The molecule has 0 saturated carbocycles. The summed E-state index contributed by atoms with van der Waals surface area (Å²) in [5.41, 5.74) is 0.248. The van der Waals surface area contributed by atoms with E-state index in [9.17, 15) is 14.7 Å². The minimum Gasteiger partial charge on any atom is -0.391 e. The van der Waals surface area contributed by atoms with Crippen molar-refractivity contribution >= 4 is 11.9 Å². The predicted octanol–water partition coefficient (Wildman–Crippen LogP) is 1.62. The van der Waals surface area contributed by atoms with Gasteiger partial charge in [0.1, 0.15) is 5.92 Å². The minimum absolute atomic E-state index is 0.311. The molecule has 2 unspecified atom stereocenters. The van der Waals surface area contributed by atoms with Gasteiger partial charge >= 0.3 is 11.9 Å². The molecule has 1 fully saturated rings. The average molecular weight is 262 g/mol. The number of carbonyl (C=O) groups excluding carboxylic acids is 2. The van der Waals surface area contributed by atoms with E-state index in [0.29, 0.717) is 6.42 Å². The van der Waals surface area contributed by atoms with Crippen LogP contribution in [0.1, 0.15) is 25.0 Å². The maximum Gasteiger partial charge on any atom is 0.346 e. The fourth-order valence-corrected chi connectivity index (χ4v) is 2.50. The van der Waals surface area contributed by atoms with Gasteiger partial charge in [-0.1, -0.05) is 38.1 Å². The van der Waals surface area contributed by atoms with Gasteiger partial charge in [0, 0.05) is 0 Å². The average Bonchev–Trinajstić information content (AvgIpc) is 2.56. The zero-order valence-corrected chi connectivity index (χ0v) is 11.3. The molecule has 102 valence electrons. The normalized spacial score (nSPS) is 26.9. The second-order valence-corrected chi connectivity index (χ2v) is 5.37. The standard InChI is InChI=1S/C15H18O4/c1-9(2)15(18)12(13(16)19-14(15)17)8-11-7-5-4-6-10(11)3/h4-7,9,12,18H,8H2,1-3H3. The van der Waals surface area contributed by atoms with Crippen molar-refractivity contribution in [2.75, 3.05) is 0 Å². The van der Waals surface area contributed by atoms with Gasteiger partial charge in [0.15, 0.2) is 5.60 Å². The second-order valence-electron chi connectivity index (χ2n) is 5.37.